The van der Waals surface area contributed by atoms with Gasteiger partial charge in [-0.25, -0.2) is 0 Å². The van der Waals surface area contributed by atoms with Crippen molar-refractivity contribution >= 4 is 33.8 Å². The highest BCUT2D eigenvalue weighted by Gasteiger charge is 2.26. The van der Waals surface area contributed by atoms with Gasteiger partial charge in [0.2, 0.25) is 0 Å². The molecule has 7 heteroatoms. The first-order valence-electron chi connectivity index (χ1n) is 6.72. The van der Waals surface area contributed by atoms with Gasteiger partial charge in [0.25, 0.3) is 11.8 Å². The Balaban J connectivity index is 3.32. The lowest BCUT2D eigenvalue weighted by Gasteiger charge is -2.21. The quantitative estimate of drug-likeness (QED) is 0.708. The van der Waals surface area contributed by atoms with Gasteiger partial charge in [-0.15, -0.1) is 11.3 Å². The predicted octanol–water partition coefficient (Wildman–Crippen LogP) is 1.42. The summed E-state index contributed by atoms with van der Waals surface area (Å²) in [6.45, 7) is 7.88. The summed E-state index contributed by atoms with van der Waals surface area (Å²) in [7, 11) is 0. The minimum Gasteiger partial charge on any atom is -0.397 e. The Hall–Kier alpha value is -1.76. The van der Waals surface area contributed by atoms with E-state index in [-0.39, 0.29) is 17.2 Å². The van der Waals surface area contributed by atoms with E-state index in [1.807, 2.05) is 25.7 Å². The van der Waals surface area contributed by atoms with Gasteiger partial charge in [0, 0.05) is 19.6 Å². The van der Waals surface area contributed by atoms with Crippen LogP contribution in [-0.2, 0) is 0 Å². The molecule has 0 aromatic carbocycles. The number of carbonyl (C=O) groups is 2. The van der Waals surface area contributed by atoms with Gasteiger partial charge in [-0.2, -0.15) is 0 Å². The monoisotopic (exact) mass is 298 g/mol. The molecule has 0 radical (unpaired) electrons. The molecule has 0 fully saturated rings. The van der Waals surface area contributed by atoms with E-state index in [2.05, 4.69) is 5.32 Å². The van der Waals surface area contributed by atoms with Gasteiger partial charge in [-0.3, -0.25) is 9.59 Å². The van der Waals surface area contributed by atoms with E-state index < -0.39 is 5.91 Å². The van der Waals surface area contributed by atoms with Crippen LogP contribution in [0.1, 0.15) is 47.2 Å². The molecule has 112 valence electrons. The van der Waals surface area contributed by atoms with Crippen molar-refractivity contribution in [1.29, 1.82) is 0 Å². The molecule has 6 nitrogen and oxygen atoms in total. The molecule has 0 atom stereocenters. The third-order valence-electron chi connectivity index (χ3n) is 2.88. The summed E-state index contributed by atoms with van der Waals surface area (Å²) >= 11 is 1.22. The third-order valence-corrected chi connectivity index (χ3v) is 4.14. The van der Waals surface area contributed by atoms with Crippen LogP contribution >= 0.6 is 11.3 Å². The summed E-state index contributed by atoms with van der Waals surface area (Å²) in [6.07, 6.45) is 0.931. The van der Waals surface area contributed by atoms with Crippen molar-refractivity contribution in [3.05, 3.63) is 10.4 Å². The maximum Gasteiger partial charge on any atom is 0.263 e. The molecular weight excluding hydrogens is 276 g/mol. The standard InChI is InChI=1S/C13H22N4O2S/c1-4-7-17(6-3)13-8(11(15)18)9(14)10(20-13)12(19)16-5-2/h4-7,14H2,1-3H3,(H2,15,18)(H,16,19). The lowest BCUT2D eigenvalue weighted by atomic mass is 10.2. The second kappa shape index (κ2) is 7.14. The molecule has 0 saturated heterocycles. The van der Waals surface area contributed by atoms with Gasteiger partial charge in [0.1, 0.15) is 9.88 Å². The molecular formula is C13H22N4O2S. The molecule has 1 aromatic rings. The van der Waals surface area contributed by atoms with Crippen LogP contribution in [-0.4, -0.2) is 31.4 Å². The minimum absolute atomic E-state index is 0.179. The Morgan fingerprint density at radius 2 is 1.95 bits per heavy atom. The summed E-state index contributed by atoms with van der Waals surface area (Å²) in [5.74, 6) is -0.866. The van der Waals surface area contributed by atoms with Crippen LogP contribution in [0.4, 0.5) is 10.7 Å². The molecule has 5 N–H and O–H groups in total. The highest BCUT2D eigenvalue weighted by atomic mass is 32.1. The Morgan fingerprint density at radius 1 is 1.30 bits per heavy atom. The van der Waals surface area contributed by atoms with Crippen molar-refractivity contribution in [2.45, 2.75) is 27.2 Å². The molecule has 20 heavy (non-hydrogen) atoms. The van der Waals surface area contributed by atoms with Crippen LogP contribution in [0.15, 0.2) is 0 Å². The van der Waals surface area contributed by atoms with Gasteiger partial charge in [-0.1, -0.05) is 6.92 Å². The number of nitrogen functional groups attached to an aromatic ring is 1. The number of anilines is 2. The van der Waals surface area contributed by atoms with E-state index in [0.29, 0.717) is 16.4 Å². The fourth-order valence-electron chi connectivity index (χ4n) is 1.97. The first-order chi connectivity index (χ1) is 9.47. The second-order valence-electron chi connectivity index (χ2n) is 4.33. The van der Waals surface area contributed by atoms with Gasteiger partial charge < -0.3 is 21.7 Å². The van der Waals surface area contributed by atoms with Gasteiger partial charge in [0.15, 0.2) is 0 Å². The molecule has 0 aliphatic rings. The fourth-order valence-corrected chi connectivity index (χ4v) is 3.21. The zero-order chi connectivity index (χ0) is 15.3. The topological polar surface area (TPSA) is 101 Å². The minimum atomic E-state index is -0.598. The van der Waals surface area contributed by atoms with Crippen molar-refractivity contribution in [2.75, 3.05) is 30.3 Å². The molecule has 2 amide bonds. The van der Waals surface area contributed by atoms with Crippen LogP contribution < -0.4 is 21.7 Å². The van der Waals surface area contributed by atoms with E-state index in [0.717, 1.165) is 19.5 Å². The molecule has 1 heterocycles. The maximum atomic E-state index is 12.0. The summed E-state index contributed by atoms with van der Waals surface area (Å²) in [5, 5.41) is 3.37. The highest BCUT2D eigenvalue weighted by molar-refractivity contribution is 7.19. The number of thiophene rings is 1. The smallest absolute Gasteiger partial charge is 0.263 e. The molecule has 0 bridgehead atoms. The normalized spacial score (nSPS) is 10.3. The number of hydrogen-bond donors (Lipinski definition) is 3. The summed E-state index contributed by atoms with van der Waals surface area (Å²) in [5.41, 5.74) is 11.8. The van der Waals surface area contributed by atoms with E-state index in [4.69, 9.17) is 11.5 Å². The largest absolute Gasteiger partial charge is 0.397 e. The van der Waals surface area contributed by atoms with Gasteiger partial charge >= 0.3 is 0 Å². The zero-order valence-electron chi connectivity index (χ0n) is 12.2. The summed E-state index contributed by atoms with van der Waals surface area (Å²) < 4.78 is 0. The van der Waals surface area contributed by atoms with Crippen molar-refractivity contribution in [1.82, 2.24) is 5.32 Å². The molecule has 0 unspecified atom stereocenters. The molecule has 0 spiro atoms. The van der Waals surface area contributed by atoms with Gasteiger partial charge in [0.05, 0.1) is 11.3 Å². The Labute approximate surface area is 123 Å². The molecule has 1 rings (SSSR count). The second-order valence-corrected chi connectivity index (χ2v) is 5.33. The van der Waals surface area contributed by atoms with Crippen LogP contribution in [0.25, 0.3) is 0 Å². The third kappa shape index (κ3) is 3.22. The molecule has 0 aliphatic carbocycles. The zero-order valence-corrected chi connectivity index (χ0v) is 13.0. The molecule has 0 saturated carbocycles. The van der Waals surface area contributed by atoms with Crippen molar-refractivity contribution in [3.8, 4) is 0 Å². The Morgan fingerprint density at radius 3 is 2.40 bits per heavy atom. The van der Waals surface area contributed by atoms with Crippen LogP contribution in [0.2, 0.25) is 0 Å². The van der Waals surface area contributed by atoms with Crippen LogP contribution in [0.5, 0.6) is 0 Å². The number of nitrogens with zero attached hydrogens (tertiary/aromatic N) is 1. The van der Waals surface area contributed by atoms with E-state index in [1.165, 1.54) is 11.3 Å². The van der Waals surface area contributed by atoms with Gasteiger partial charge in [-0.05, 0) is 20.3 Å². The van der Waals surface area contributed by atoms with E-state index in [9.17, 15) is 9.59 Å². The van der Waals surface area contributed by atoms with E-state index in [1.54, 1.807) is 0 Å². The van der Waals surface area contributed by atoms with Crippen molar-refractivity contribution in [2.24, 2.45) is 5.73 Å². The van der Waals surface area contributed by atoms with Crippen molar-refractivity contribution in [3.63, 3.8) is 0 Å². The highest BCUT2D eigenvalue weighted by Crippen LogP contribution is 2.38. The molecule has 1 aromatic heterocycles. The van der Waals surface area contributed by atoms with E-state index >= 15 is 0 Å². The summed E-state index contributed by atoms with van der Waals surface area (Å²) in [4.78, 5) is 26.0. The first-order valence-corrected chi connectivity index (χ1v) is 7.54. The average molecular weight is 298 g/mol. The van der Waals surface area contributed by atoms with Crippen LogP contribution in [0.3, 0.4) is 0 Å². The fraction of sp³-hybridized carbons (Fsp3) is 0.538. The number of nitrogens with one attached hydrogen (secondary N) is 1. The first kappa shape index (κ1) is 16.3. The number of primary amides is 1. The number of hydrogen-bond acceptors (Lipinski definition) is 5. The number of nitrogens with two attached hydrogens (primary N) is 2. The van der Waals surface area contributed by atoms with Crippen LogP contribution in [0, 0.1) is 0 Å². The predicted molar refractivity (Wildman–Crippen MR) is 83.4 cm³/mol. The van der Waals surface area contributed by atoms with Crippen molar-refractivity contribution < 1.29 is 9.59 Å². The number of amides is 2. The maximum absolute atomic E-state index is 12.0. The number of rotatable bonds is 7. The number of carbonyl (C=O) groups excluding carboxylic acids is 2. The SMILES string of the molecule is CCCN(CC)c1sc(C(=O)NCC)c(N)c1C(N)=O. The summed E-state index contributed by atoms with van der Waals surface area (Å²) in [6, 6.07) is 0. The Bertz CT molecular complexity index is 499. The average Bonchev–Trinajstić information content (AvgIpc) is 2.74. The molecule has 0 aliphatic heterocycles. The Kier molecular flexibility index (Phi) is 5.82. The lowest BCUT2D eigenvalue weighted by molar-refractivity contribution is 0.0960. The lowest BCUT2D eigenvalue weighted by Crippen LogP contribution is -2.25.